The van der Waals surface area contributed by atoms with Gasteiger partial charge in [0, 0.05) is 36.4 Å². The zero-order chi connectivity index (χ0) is 33.0. The summed E-state index contributed by atoms with van der Waals surface area (Å²) in [5.41, 5.74) is 14.4. The van der Waals surface area contributed by atoms with E-state index in [1.807, 2.05) is 29.6 Å². The molecule has 2 heterocycles. The third-order valence-corrected chi connectivity index (χ3v) is 12.2. The highest BCUT2D eigenvalue weighted by molar-refractivity contribution is 7.25. The average molecular weight is 647 g/mol. The smallest absolute Gasteiger partial charge is 0.136 e. The monoisotopic (exact) mass is 646 g/mol. The fourth-order valence-electron chi connectivity index (χ4n) is 8.56. The van der Waals surface area contributed by atoms with Crippen LogP contribution in [0.4, 0.5) is 0 Å². The Morgan fingerprint density at radius 3 is 2.16 bits per heavy atom. The molecule has 49 heavy (non-hydrogen) atoms. The molecule has 0 spiro atoms. The van der Waals surface area contributed by atoms with Gasteiger partial charge < -0.3 is 4.42 Å². The maximum absolute atomic E-state index is 6.28. The SMILES string of the molecule is C=Cc1cc2c(c(-c3ccc4c(c3)C(C)(C)c3cc(-c5ccc6sc7cc8c(cc7c6c5)oc5ccccc58)ccc3-4)c1C=C)=CCCC=2. The summed E-state index contributed by atoms with van der Waals surface area (Å²) in [5, 5.41) is 7.51. The van der Waals surface area contributed by atoms with Gasteiger partial charge in [0.2, 0.25) is 0 Å². The quantitative estimate of drug-likeness (QED) is 0.185. The van der Waals surface area contributed by atoms with Gasteiger partial charge in [-0.2, -0.15) is 0 Å². The minimum atomic E-state index is -0.150. The number of hydrogen-bond donors (Lipinski definition) is 0. The Morgan fingerprint density at radius 2 is 1.35 bits per heavy atom. The van der Waals surface area contributed by atoms with Crippen LogP contribution in [0.25, 0.3) is 99.8 Å². The van der Waals surface area contributed by atoms with Gasteiger partial charge in [0.1, 0.15) is 11.2 Å². The first kappa shape index (κ1) is 28.6. The van der Waals surface area contributed by atoms with E-state index in [-0.39, 0.29) is 5.41 Å². The second kappa shape index (κ2) is 10.3. The van der Waals surface area contributed by atoms with Crippen molar-refractivity contribution >= 4 is 77.8 Å². The molecule has 0 aliphatic heterocycles. The molecule has 0 fully saturated rings. The van der Waals surface area contributed by atoms with E-state index in [9.17, 15) is 0 Å². The van der Waals surface area contributed by atoms with Crippen molar-refractivity contribution in [3.63, 3.8) is 0 Å². The molecule has 2 aromatic heterocycles. The van der Waals surface area contributed by atoms with Gasteiger partial charge in [-0.25, -0.2) is 0 Å². The molecule has 8 aromatic rings. The predicted octanol–water partition coefficient (Wildman–Crippen LogP) is 12.2. The molecule has 2 aliphatic rings. The first-order chi connectivity index (χ1) is 23.9. The highest BCUT2D eigenvalue weighted by Crippen LogP contribution is 2.51. The number of furan rings is 1. The summed E-state index contributed by atoms with van der Waals surface area (Å²) < 4.78 is 8.87. The molecule has 0 saturated heterocycles. The molecular weight excluding hydrogens is 613 g/mol. The van der Waals surface area contributed by atoms with Gasteiger partial charge in [0.05, 0.1) is 0 Å². The minimum absolute atomic E-state index is 0.150. The first-order valence-electron chi connectivity index (χ1n) is 17.1. The Labute approximate surface area is 289 Å². The van der Waals surface area contributed by atoms with Crippen LogP contribution in [0.3, 0.4) is 0 Å². The molecule has 0 unspecified atom stereocenters. The van der Waals surface area contributed by atoms with Gasteiger partial charge in [-0.15, -0.1) is 11.3 Å². The first-order valence-corrected chi connectivity index (χ1v) is 17.9. The molecule has 2 aliphatic carbocycles. The molecule has 0 radical (unpaired) electrons. The lowest BCUT2D eigenvalue weighted by Crippen LogP contribution is -2.30. The zero-order valence-corrected chi connectivity index (χ0v) is 28.5. The van der Waals surface area contributed by atoms with Crippen molar-refractivity contribution in [3.8, 4) is 33.4 Å². The Bertz CT molecular complexity index is 2890. The molecule has 0 atom stereocenters. The maximum atomic E-state index is 6.28. The Hall–Kier alpha value is -5.44. The van der Waals surface area contributed by atoms with Crippen molar-refractivity contribution in [2.75, 3.05) is 0 Å². The topological polar surface area (TPSA) is 13.1 Å². The lowest BCUT2D eigenvalue weighted by molar-refractivity contribution is 0.661. The summed E-state index contributed by atoms with van der Waals surface area (Å²) in [6.45, 7) is 13.1. The summed E-state index contributed by atoms with van der Waals surface area (Å²) in [6.07, 6.45) is 10.9. The lowest BCUT2D eigenvalue weighted by Gasteiger charge is -2.23. The predicted molar refractivity (Wildman–Crippen MR) is 213 cm³/mol. The van der Waals surface area contributed by atoms with Crippen molar-refractivity contribution in [2.24, 2.45) is 0 Å². The number of rotatable bonds is 4. The van der Waals surface area contributed by atoms with E-state index in [0.29, 0.717) is 0 Å². The van der Waals surface area contributed by atoms with Gasteiger partial charge in [-0.3, -0.25) is 0 Å². The van der Waals surface area contributed by atoms with Crippen LogP contribution >= 0.6 is 11.3 Å². The van der Waals surface area contributed by atoms with E-state index < -0.39 is 0 Å². The van der Waals surface area contributed by atoms with Gasteiger partial charge in [0.15, 0.2) is 0 Å². The number of para-hydroxylation sites is 1. The minimum Gasteiger partial charge on any atom is -0.456 e. The third-order valence-electron chi connectivity index (χ3n) is 11.0. The Kier molecular flexibility index (Phi) is 5.99. The van der Waals surface area contributed by atoms with Crippen molar-refractivity contribution in [2.45, 2.75) is 32.1 Å². The van der Waals surface area contributed by atoms with Gasteiger partial charge in [-0.05, 0) is 127 Å². The van der Waals surface area contributed by atoms with Gasteiger partial charge >= 0.3 is 0 Å². The van der Waals surface area contributed by atoms with E-state index in [1.54, 1.807) is 0 Å². The molecule has 0 N–H and O–H groups in total. The zero-order valence-electron chi connectivity index (χ0n) is 27.7. The summed E-state index contributed by atoms with van der Waals surface area (Å²) >= 11 is 1.86. The largest absolute Gasteiger partial charge is 0.456 e. The Morgan fingerprint density at radius 1 is 0.633 bits per heavy atom. The molecule has 0 bridgehead atoms. The summed E-state index contributed by atoms with van der Waals surface area (Å²) in [6, 6.07) is 36.2. The van der Waals surface area contributed by atoms with E-state index in [2.05, 4.69) is 130 Å². The van der Waals surface area contributed by atoms with Crippen molar-refractivity contribution in [3.05, 3.63) is 143 Å². The normalized spacial score (nSPS) is 14.4. The van der Waals surface area contributed by atoms with Crippen LogP contribution in [-0.2, 0) is 5.41 Å². The van der Waals surface area contributed by atoms with Crippen LogP contribution in [0.15, 0.2) is 115 Å². The maximum Gasteiger partial charge on any atom is 0.136 e. The molecule has 234 valence electrons. The summed E-state index contributed by atoms with van der Waals surface area (Å²) in [4.78, 5) is 0. The molecule has 0 amide bonds. The number of fused-ring (bicyclic) bond motifs is 10. The van der Waals surface area contributed by atoms with E-state index in [1.165, 1.54) is 85.9 Å². The van der Waals surface area contributed by atoms with Crippen LogP contribution in [0.5, 0.6) is 0 Å². The number of thiophene rings is 1. The number of benzene rings is 6. The fraction of sp³-hybridized carbons (Fsp3) is 0.106. The van der Waals surface area contributed by atoms with E-state index in [4.69, 9.17) is 4.42 Å². The van der Waals surface area contributed by atoms with Gasteiger partial charge in [-0.1, -0.05) is 99.8 Å². The van der Waals surface area contributed by atoms with Crippen LogP contribution in [0.2, 0.25) is 0 Å². The molecular formula is C47H34OS. The lowest BCUT2D eigenvalue weighted by atomic mass is 9.80. The highest BCUT2D eigenvalue weighted by atomic mass is 32.1. The molecule has 0 saturated carbocycles. The van der Waals surface area contributed by atoms with E-state index in [0.717, 1.165) is 35.1 Å². The molecule has 2 heteroatoms. The van der Waals surface area contributed by atoms with Crippen LogP contribution in [-0.4, -0.2) is 0 Å². The van der Waals surface area contributed by atoms with E-state index >= 15 is 0 Å². The van der Waals surface area contributed by atoms with Crippen LogP contribution < -0.4 is 10.4 Å². The highest BCUT2D eigenvalue weighted by Gasteiger charge is 2.36. The second-order valence-corrected chi connectivity index (χ2v) is 15.1. The van der Waals surface area contributed by atoms with Crippen LogP contribution in [0.1, 0.15) is 48.9 Å². The summed E-state index contributed by atoms with van der Waals surface area (Å²) in [7, 11) is 0. The standard InChI is InChI=1S/C47H34OS/c1-5-27-21-30-11-7-8-12-33(30)46(32(27)6-2)31-16-19-35-34-18-15-29(23-40(34)47(3,4)41(35)24-31)28-17-20-44-38(22-28)39-25-43-37(26-45(39)49-44)36-13-9-10-14-42(36)48-43/h5-6,9-26H,1-2,7-8H2,3-4H3. The molecule has 1 nitrogen and oxygen atoms in total. The van der Waals surface area contributed by atoms with Crippen molar-refractivity contribution in [1.82, 2.24) is 0 Å². The van der Waals surface area contributed by atoms with Crippen molar-refractivity contribution < 1.29 is 4.42 Å². The molecule has 6 aromatic carbocycles. The average Bonchev–Trinajstić information content (AvgIpc) is 3.75. The third kappa shape index (κ3) is 4.05. The number of hydrogen-bond acceptors (Lipinski definition) is 2. The van der Waals surface area contributed by atoms with Crippen molar-refractivity contribution in [1.29, 1.82) is 0 Å². The Balaban J connectivity index is 1.09. The summed E-state index contributed by atoms with van der Waals surface area (Å²) in [5.74, 6) is 0. The van der Waals surface area contributed by atoms with Gasteiger partial charge in [0.25, 0.3) is 0 Å². The second-order valence-electron chi connectivity index (χ2n) is 14.1. The fourth-order valence-corrected chi connectivity index (χ4v) is 9.67. The van der Waals surface area contributed by atoms with Crippen LogP contribution in [0, 0.1) is 0 Å². The molecule has 10 rings (SSSR count).